The van der Waals surface area contributed by atoms with Gasteiger partial charge >= 0.3 is 0 Å². The standard InChI is InChI=1S/C84H90N12/c1-94(49-43-73-16-10-13-46-85-73)82-52-67-37-40-70(82)58-91-79-22-7-6-21-78(79)90-57-63-29-35-66(36-30-63)69-39-42-72(84(54-69)96(3)51-45-75-18-12-15-48-87-75)60-93-81-24-9-8-23-80(81)92-59-71-41-38-68(53-83(71)95(2)50-44-74-17-11-14-47-86-74)65-33-27-62(28-34-65)56-89-77-20-5-4-19-76(77)88-55-61-25-31-64(67)32-26-61/h10-18,25-42,46-48,52-60,76-81H,4-9,19-24,43-45,49-51H2,1-3H3/t76-,77-,78-,79-,80-,81-/m1/s1. The van der Waals surface area contributed by atoms with Gasteiger partial charge in [-0.3, -0.25) is 44.9 Å². The Morgan fingerprint density at radius 1 is 0.281 bits per heavy atom. The van der Waals surface area contributed by atoms with Gasteiger partial charge in [-0.25, -0.2) is 0 Å². The highest BCUT2D eigenvalue weighted by Gasteiger charge is 2.27. The minimum atomic E-state index is 0.0581. The topological polar surface area (TPSA) is 123 Å². The molecule has 486 valence electrons. The third-order valence-corrected chi connectivity index (χ3v) is 19.9. The number of anilines is 3. The van der Waals surface area contributed by atoms with E-state index in [1.165, 1.54) is 0 Å². The third kappa shape index (κ3) is 17.0. The minimum Gasteiger partial charge on any atom is -0.374 e. The van der Waals surface area contributed by atoms with Gasteiger partial charge in [0.15, 0.2) is 0 Å². The molecule has 0 unspecified atom stereocenters. The molecule has 12 aliphatic heterocycles. The number of aromatic nitrogens is 3. The van der Waals surface area contributed by atoms with Crippen molar-refractivity contribution in [2.24, 2.45) is 30.0 Å². The molecule has 0 saturated heterocycles. The molecule has 0 amide bonds. The lowest BCUT2D eigenvalue weighted by atomic mass is 9.91. The Bertz CT molecular complexity index is 4160. The Morgan fingerprint density at radius 3 is 0.781 bits per heavy atom. The van der Waals surface area contributed by atoms with Crippen LogP contribution in [0.2, 0.25) is 0 Å². The fourth-order valence-corrected chi connectivity index (χ4v) is 14.0. The lowest BCUT2D eigenvalue weighted by Crippen LogP contribution is -2.27. The zero-order valence-electron chi connectivity index (χ0n) is 56.1. The van der Waals surface area contributed by atoms with E-state index < -0.39 is 0 Å². The van der Waals surface area contributed by atoms with Crippen molar-refractivity contribution in [1.82, 2.24) is 15.0 Å². The smallest absolute Gasteiger partial charge is 0.0723 e. The van der Waals surface area contributed by atoms with E-state index >= 15 is 0 Å². The zero-order chi connectivity index (χ0) is 65.3. The van der Waals surface area contributed by atoms with E-state index in [9.17, 15) is 0 Å². The van der Waals surface area contributed by atoms with Crippen LogP contribution < -0.4 is 14.7 Å². The van der Waals surface area contributed by atoms with Crippen molar-refractivity contribution in [3.63, 3.8) is 0 Å². The fraction of sp³-hybridized carbons (Fsp3) is 0.321. The SMILES string of the molecule is CN(CCc1ccccn1)c1cc2ccc1C=N[C@@H]1CCCC[C@H]1N=Cc1ccc(cc1)-c1ccc(c(N(C)CCc3ccccn3)c1)C=N[C@@H]1CCCC[C@H]1N=Cc1ccc(cc1N(C)CCc1ccccn1)-c1ccc(cc1)C=N[C@@H]1CCCC[C@H]1N=Cc1ccc-2cc1. The van der Waals surface area contributed by atoms with E-state index in [1.807, 2.05) is 36.8 Å². The number of hydrogen-bond donors (Lipinski definition) is 0. The molecule has 15 heterocycles. The quantitative estimate of drug-likeness (QED) is 0.120. The van der Waals surface area contributed by atoms with E-state index in [1.54, 1.807) is 0 Å². The summed E-state index contributed by atoms with van der Waals surface area (Å²) < 4.78 is 0. The summed E-state index contributed by atoms with van der Waals surface area (Å²) in [6.45, 7) is 2.43. The summed E-state index contributed by atoms with van der Waals surface area (Å²) in [5, 5.41) is 0. The number of hydrogen-bond acceptors (Lipinski definition) is 12. The van der Waals surface area contributed by atoms with Gasteiger partial charge in [-0.05, 0) is 143 Å². The second kappa shape index (κ2) is 32.1. The molecule has 24 rings (SSSR count). The van der Waals surface area contributed by atoms with Crippen molar-refractivity contribution < 1.29 is 0 Å². The van der Waals surface area contributed by atoms with Crippen LogP contribution >= 0.6 is 0 Å². The summed E-state index contributed by atoms with van der Waals surface area (Å²) in [6, 6.07) is 66.1. The first-order valence-corrected chi connectivity index (χ1v) is 35.0. The molecular weight excluding hydrogens is 1180 g/mol. The minimum absolute atomic E-state index is 0.0581. The maximum absolute atomic E-state index is 5.45. The number of pyridine rings is 3. The molecule has 12 nitrogen and oxygen atoms in total. The molecule has 6 atom stereocenters. The van der Waals surface area contributed by atoms with Crippen molar-refractivity contribution in [2.75, 3.05) is 55.5 Å². The second-order valence-corrected chi connectivity index (χ2v) is 26.6. The first-order valence-electron chi connectivity index (χ1n) is 35.0. The van der Waals surface area contributed by atoms with Crippen molar-refractivity contribution >= 4 is 54.3 Å². The molecule has 0 radical (unpaired) electrons. The van der Waals surface area contributed by atoms with Crippen molar-refractivity contribution in [3.05, 3.63) is 251 Å². The fourth-order valence-electron chi connectivity index (χ4n) is 14.0. The van der Waals surface area contributed by atoms with E-state index in [0.29, 0.717) is 0 Å². The van der Waals surface area contributed by atoms with Crippen LogP contribution in [0.1, 0.15) is 128 Å². The molecule has 12 bridgehead atoms. The molecule has 3 aromatic heterocycles. The van der Waals surface area contributed by atoms with Crippen LogP contribution in [0.5, 0.6) is 0 Å². The molecule has 0 N–H and O–H groups in total. The number of likely N-dealkylation sites (N-methyl/N-ethyl adjacent to an activating group) is 3. The maximum Gasteiger partial charge on any atom is 0.0723 e. The van der Waals surface area contributed by atoms with Gasteiger partial charge < -0.3 is 14.7 Å². The Balaban J connectivity index is 0.831. The van der Waals surface area contributed by atoms with Crippen LogP contribution in [0.3, 0.4) is 0 Å². The second-order valence-electron chi connectivity index (χ2n) is 26.6. The zero-order valence-corrected chi connectivity index (χ0v) is 56.1. The Morgan fingerprint density at radius 2 is 0.531 bits per heavy atom. The highest BCUT2D eigenvalue weighted by atomic mass is 15.1. The lowest BCUT2D eigenvalue weighted by molar-refractivity contribution is 0.390. The number of aliphatic imine (C=N–C) groups is 6. The van der Waals surface area contributed by atoms with E-state index in [0.717, 1.165) is 217 Å². The van der Waals surface area contributed by atoms with Gasteiger partial charge in [-0.2, -0.15) is 0 Å². The lowest BCUT2D eigenvalue weighted by Gasteiger charge is -2.27. The molecule has 15 aliphatic rings. The van der Waals surface area contributed by atoms with Gasteiger partial charge in [-0.1, -0.05) is 166 Å². The van der Waals surface area contributed by atoms with E-state index in [4.69, 9.17) is 30.0 Å². The van der Waals surface area contributed by atoms with Crippen molar-refractivity contribution in [2.45, 2.75) is 133 Å². The summed E-state index contributed by atoms with van der Waals surface area (Å²) >= 11 is 0. The van der Waals surface area contributed by atoms with E-state index in [2.05, 4.69) is 252 Å². The van der Waals surface area contributed by atoms with Gasteiger partial charge in [0.05, 0.1) is 36.3 Å². The third-order valence-electron chi connectivity index (χ3n) is 19.9. The summed E-state index contributed by atoms with van der Waals surface area (Å²) in [5.41, 5.74) is 20.1. The van der Waals surface area contributed by atoms with Gasteiger partial charge in [0.25, 0.3) is 0 Å². The van der Waals surface area contributed by atoms with Gasteiger partial charge in [0.2, 0.25) is 0 Å². The van der Waals surface area contributed by atoms with Crippen LogP contribution in [-0.4, -0.2) is 129 Å². The number of nitrogens with zero attached hydrogens (tertiary/aromatic N) is 12. The predicted octanol–water partition coefficient (Wildman–Crippen LogP) is 16.8. The molecule has 0 spiro atoms. The van der Waals surface area contributed by atoms with Gasteiger partial charge in [-0.15, -0.1) is 0 Å². The first kappa shape index (κ1) is 64.9. The normalized spacial score (nSPS) is 19.5. The molecule has 3 aliphatic carbocycles. The molecule has 3 fully saturated rings. The summed E-state index contributed by atoms with van der Waals surface area (Å²) in [4.78, 5) is 53.1. The molecular formula is C84H90N12. The van der Waals surface area contributed by atoms with Gasteiger partial charge in [0.1, 0.15) is 0 Å². The summed E-state index contributed by atoms with van der Waals surface area (Å²) in [5.74, 6) is 0. The monoisotopic (exact) mass is 1270 g/mol. The van der Waals surface area contributed by atoms with Crippen LogP contribution in [0.4, 0.5) is 17.1 Å². The van der Waals surface area contributed by atoms with Gasteiger partial charge in [0, 0.05) is 167 Å². The first-order chi connectivity index (χ1) is 47.3. The Labute approximate surface area is 568 Å². The van der Waals surface area contributed by atoms with E-state index in [-0.39, 0.29) is 36.3 Å². The van der Waals surface area contributed by atoms with Crippen LogP contribution in [0.15, 0.2) is 231 Å². The van der Waals surface area contributed by atoms with Crippen molar-refractivity contribution in [1.29, 1.82) is 0 Å². The molecule has 3 saturated carbocycles. The largest absolute Gasteiger partial charge is 0.374 e. The summed E-state index contributed by atoms with van der Waals surface area (Å²) in [7, 11) is 6.57. The Hall–Kier alpha value is -9.81. The highest BCUT2D eigenvalue weighted by Crippen LogP contribution is 2.34. The molecule has 96 heavy (non-hydrogen) atoms. The Kier molecular flexibility index (Phi) is 21.7. The average Bonchev–Trinajstić information content (AvgIpc) is 0.924. The number of rotatable bonds is 12. The average molecular weight is 1270 g/mol. The van der Waals surface area contributed by atoms with Crippen LogP contribution in [-0.2, 0) is 19.3 Å². The number of benzene rings is 6. The molecule has 6 aromatic carbocycles. The summed E-state index contributed by atoms with van der Waals surface area (Å²) in [6.07, 6.45) is 33.7. The van der Waals surface area contributed by atoms with Crippen LogP contribution in [0, 0.1) is 0 Å². The maximum atomic E-state index is 5.45. The molecule has 9 aromatic rings. The molecule has 12 heteroatoms. The predicted molar refractivity (Wildman–Crippen MR) is 403 cm³/mol. The van der Waals surface area contributed by atoms with Crippen molar-refractivity contribution in [3.8, 4) is 33.4 Å². The highest BCUT2D eigenvalue weighted by molar-refractivity contribution is 5.93. The van der Waals surface area contributed by atoms with Crippen LogP contribution in [0.25, 0.3) is 33.4 Å².